The number of rotatable bonds is 6. The molecule has 0 radical (unpaired) electrons. The summed E-state index contributed by atoms with van der Waals surface area (Å²) in [6, 6.07) is -0.233. The van der Waals surface area contributed by atoms with Gasteiger partial charge < -0.3 is 15.7 Å². The second-order valence-corrected chi connectivity index (χ2v) is 5.04. The zero-order valence-electron chi connectivity index (χ0n) is 11.1. The second kappa shape index (κ2) is 7.95. The molecule has 0 bridgehead atoms. The molecule has 0 saturated heterocycles. The van der Waals surface area contributed by atoms with Crippen LogP contribution in [0.15, 0.2) is 0 Å². The van der Waals surface area contributed by atoms with Crippen LogP contribution in [-0.4, -0.2) is 29.2 Å². The molecule has 0 aliphatic heterocycles. The minimum atomic E-state index is -0.869. The molecule has 1 fully saturated rings. The van der Waals surface area contributed by atoms with E-state index in [2.05, 4.69) is 10.6 Å². The first-order valence-corrected chi connectivity index (χ1v) is 6.90. The lowest BCUT2D eigenvalue weighted by Gasteiger charge is -2.24. The van der Waals surface area contributed by atoms with Gasteiger partial charge in [-0.2, -0.15) is 0 Å². The predicted molar refractivity (Wildman–Crippen MR) is 69.5 cm³/mol. The van der Waals surface area contributed by atoms with Gasteiger partial charge in [-0.25, -0.2) is 4.79 Å². The minimum absolute atomic E-state index is 0.00801. The number of amides is 2. The Labute approximate surface area is 108 Å². The van der Waals surface area contributed by atoms with E-state index in [0.717, 1.165) is 19.3 Å². The molecule has 0 spiro atoms. The molecule has 0 aromatic carbocycles. The summed E-state index contributed by atoms with van der Waals surface area (Å²) in [6.45, 7) is 1.98. The van der Waals surface area contributed by atoms with Crippen molar-refractivity contribution in [3.63, 3.8) is 0 Å². The number of hydrogen-bond acceptors (Lipinski definition) is 2. The smallest absolute Gasteiger partial charge is 0.315 e. The molecule has 1 aliphatic carbocycles. The Kier molecular flexibility index (Phi) is 6.54. The molecule has 1 unspecified atom stereocenters. The van der Waals surface area contributed by atoms with E-state index in [4.69, 9.17) is 5.11 Å². The quantitative estimate of drug-likeness (QED) is 0.682. The summed E-state index contributed by atoms with van der Waals surface area (Å²) in [7, 11) is 0. The summed E-state index contributed by atoms with van der Waals surface area (Å²) in [5, 5.41) is 14.5. The summed E-state index contributed by atoms with van der Waals surface area (Å²) < 4.78 is 0. The number of carboxylic acids is 1. The molecule has 1 rings (SSSR count). The number of nitrogens with one attached hydrogen (secondary N) is 2. The van der Waals surface area contributed by atoms with Crippen LogP contribution in [0.25, 0.3) is 0 Å². The molecule has 1 saturated carbocycles. The van der Waals surface area contributed by atoms with Crippen LogP contribution in [0.2, 0.25) is 0 Å². The molecule has 0 aromatic rings. The number of aliphatic carboxylic acids is 1. The van der Waals surface area contributed by atoms with Crippen LogP contribution in [0, 0.1) is 0 Å². The Hall–Kier alpha value is -1.26. The lowest BCUT2D eigenvalue weighted by Crippen LogP contribution is -2.47. The van der Waals surface area contributed by atoms with Crippen molar-refractivity contribution < 1.29 is 14.7 Å². The highest BCUT2D eigenvalue weighted by Gasteiger charge is 2.19. The summed E-state index contributed by atoms with van der Waals surface area (Å²) in [5.74, 6) is -0.869. The molecule has 2 amide bonds. The first-order chi connectivity index (χ1) is 8.61. The van der Waals surface area contributed by atoms with E-state index in [1.165, 1.54) is 19.3 Å². The molecule has 5 nitrogen and oxygen atoms in total. The van der Waals surface area contributed by atoms with Gasteiger partial charge in [-0.05, 0) is 19.3 Å². The maximum atomic E-state index is 11.8. The maximum absolute atomic E-state index is 11.8. The third-order valence-corrected chi connectivity index (χ3v) is 3.33. The highest BCUT2D eigenvalue weighted by Crippen LogP contribution is 2.17. The van der Waals surface area contributed by atoms with Crippen molar-refractivity contribution in [3.8, 4) is 0 Å². The normalized spacial score (nSPS) is 18.1. The van der Waals surface area contributed by atoms with Crippen molar-refractivity contribution in [2.24, 2.45) is 0 Å². The van der Waals surface area contributed by atoms with Crippen LogP contribution in [0.5, 0.6) is 0 Å². The number of hydrogen-bond donors (Lipinski definition) is 3. The van der Waals surface area contributed by atoms with E-state index >= 15 is 0 Å². The fraction of sp³-hybridized carbons (Fsp3) is 0.846. The van der Waals surface area contributed by atoms with E-state index in [1.54, 1.807) is 0 Å². The van der Waals surface area contributed by atoms with Crippen molar-refractivity contribution in [2.45, 2.75) is 70.4 Å². The lowest BCUT2D eigenvalue weighted by molar-refractivity contribution is -0.137. The van der Waals surface area contributed by atoms with Gasteiger partial charge in [0.05, 0.1) is 6.42 Å². The molecule has 104 valence electrons. The average Bonchev–Trinajstić information content (AvgIpc) is 2.29. The van der Waals surface area contributed by atoms with E-state index < -0.39 is 5.97 Å². The Morgan fingerprint density at radius 1 is 1.28 bits per heavy atom. The largest absolute Gasteiger partial charge is 0.481 e. The van der Waals surface area contributed by atoms with Crippen LogP contribution < -0.4 is 10.6 Å². The SMILES string of the molecule is CCCC(CC(=O)O)NC(=O)NC1CCCCC1. The van der Waals surface area contributed by atoms with E-state index in [-0.39, 0.29) is 24.5 Å². The Bertz CT molecular complexity index is 275. The van der Waals surface area contributed by atoms with E-state index in [1.807, 2.05) is 6.92 Å². The van der Waals surface area contributed by atoms with Gasteiger partial charge in [0, 0.05) is 12.1 Å². The van der Waals surface area contributed by atoms with Gasteiger partial charge in [-0.1, -0.05) is 32.6 Å². The van der Waals surface area contributed by atoms with Crippen LogP contribution in [-0.2, 0) is 4.79 Å². The first-order valence-electron chi connectivity index (χ1n) is 6.90. The van der Waals surface area contributed by atoms with Crippen molar-refractivity contribution in [1.82, 2.24) is 10.6 Å². The Morgan fingerprint density at radius 2 is 1.94 bits per heavy atom. The van der Waals surface area contributed by atoms with Crippen molar-refractivity contribution in [1.29, 1.82) is 0 Å². The summed E-state index contributed by atoms with van der Waals surface area (Å²) in [6.07, 6.45) is 7.20. The highest BCUT2D eigenvalue weighted by atomic mass is 16.4. The standard InChI is InChI=1S/C13H24N2O3/c1-2-6-11(9-12(16)17)15-13(18)14-10-7-4-3-5-8-10/h10-11H,2-9H2,1H3,(H,16,17)(H2,14,15,18). The second-order valence-electron chi connectivity index (χ2n) is 5.04. The topological polar surface area (TPSA) is 78.4 Å². The number of carbonyl (C=O) groups excluding carboxylic acids is 1. The molecule has 0 aromatic heterocycles. The van der Waals surface area contributed by atoms with Crippen molar-refractivity contribution in [2.75, 3.05) is 0 Å². The van der Waals surface area contributed by atoms with Crippen molar-refractivity contribution >= 4 is 12.0 Å². The molecule has 0 heterocycles. The van der Waals surface area contributed by atoms with Gasteiger partial charge in [0.15, 0.2) is 0 Å². The zero-order chi connectivity index (χ0) is 13.4. The lowest BCUT2D eigenvalue weighted by atomic mass is 9.96. The molecule has 5 heteroatoms. The molecule has 1 atom stereocenters. The number of carbonyl (C=O) groups is 2. The molecular weight excluding hydrogens is 232 g/mol. The van der Waals surface area contributed by atoms with E-state index in [0.29, 0.717) is 6.42 Å². The predicted octanol–water partition coefficient (Wildman–Crippen LogP) is 2.26. The van der Waals surface area contributed by atoms with Crippen LogP contribution in [0.3, 0.4) is 0 Å². The molecule has 1 aliphatic rings. The number of carboxylic acid groups (broad SMARTS) is 1. The van der Waals surface area contributed by atoms with Gasteiger partial charge >= 0.3 is 12.0 Å². The molecule has 3 N–H and O–H groups in total. The monoisotopic (exact) mass is 256 g/mol. The average molecular weight is 256 g/mol. The Balaban J connectivity index is 2.32. The zero-order valence-corrected chi connectivity index (χ0v) is 11.1. The third kappa shape index (κ3) is 5.89. The van der Waals surface area contributed by atoms with Gasteiger partial charge in [-0.3, -0.25) is 4.79 Å². The maximum Gasteiger partial charge on any atom is 0.315 e. The van der Waals surface area contributed by atoms with Gasteiger partial charge in [0.25, 0.3) is 0 Å². The third-order valence-electron chi connectivity index (χ3n) is 3.33. The van der Waals surface area contributed by atoms with E-state index in [9.17, 15) is 9.59 Å². The van der Waals surface area contributed by atoms with Crippen LogP contribution in [0.1, 0.15) is 58.3 Å². The first kappa shape index (κ1) is 14.8. The fourth-order valence-corrected chi connectivity index (χ4v) is 2.44. The fourth-order valence-electron chi connectivity index (χ4n) is 2.44. The molecular formula is C13H24N2O3. The minimum Gasteiger partial charge on any atom is -0.481 e. The van der Waals surface area contributed by atoms with Gasteiger partial charge in [-0.15, -0.1) is 0 Å². The van der Waals surface area contributed by atoms with Crippen LogP contribution >= 0.6 is 0 Å². The summed E-state index contributed by atoms with van der Waals surface area (Å²) in [4.78, 5) is 22.4. The van der Waals surface area contributed by atoms with Gasteiger partial charge in [0.2, 0.25) is 0 Å². The van der Waals surface area contributed by atoms with Crippen molar-refractivity contribution in [3.05, 3.63) is 0 Å². The summed E-state index contributed by atoms with van der Waals surface area (Å²) >= 11 is 0. The van der Waals surface area contributed by atoms with Gasteiger partial charge in [0.1, 0.15) is 0 Å². The highest BCUT2D eigenvalue weighted by molar-refractivity contribution is 5.76. The summed E-state index contributed by atoms with van der Waals surface area (Å²) in [5.41, 5.74) is 0. The van der Waals surface area contributed by atoms with Crippen LogP contribution in [0.4, 0.5) is 4.79 Å². The Morgan fingerprint density at radius 3 is 2.50 bits per heavy atom. The molecule has 18 heavy (non-hydrogen) atoms. The number of urea groups is 1.